The van der Waals surface area contributed by atoms with Gasteiger partial charge in [0.25, 0.3) is 0 Å². The second-order valence-electron chi connectivity index (χ2n) is 5.57. The lowest BCUT2D eigenvalue weighted by Crippen LogP contribution is -2.45. The van der Waals surface area contributed by atoms with Gasteiger partial charge in [0.15, 0.2) is 0 Å². The van der Waals surface area contributed by atoms with Gasteiger partial charge in [-0.3, -0.25) is 4.90 Å². The van der Waals surface area contributed by atoms with Gasteiger partial charge >= 0.3 is 0 Å². The molecule has 1 nitrogen and oxygen atoms in total. The van der Waals surface area contributed by atoms with Crippen LogP contribution < -0.4 is 0 Å². The maximum atomic E-state index is 3.71. The Kier molecular flexibility index (Phi) is 4.67. The molecule has 0 N–H and O–H groups in total. The first kappa shape index (κ1) is 13.6. The zero-order valence-corrected chi connectivity index (χ0v) is 13.2. The molecule has 0 saturated heterocycles. The largest absolute Gasteiger partial charge is 0.295 e. The Morgan fingerprint density at radius 2 is 2.24 bits per heavy atom. The van der Waals surface area contributed by atoms with E-state index in [1.54, 1.807) is 0 Å². The van der Waals surface area contributed by atoms with Gasteiger partial charge < -0.3 is 0 Å². The van der Waals surface area contributed by atoms with Crippen LogP contribution in [-0.4, -0.2) is 22.8 Å². The molecule has 17 heavy (non-hydrogen) atoms. The molecule has 0 radical (unpaired) electrons. The monoisotopic (exact) mass is 315 g/mol. The third-order valence-electron chi connectivity index (χ3n) is 3.91. The Morgan fingerprint density at radius 3 is 2.65 bits per heavy atom. The van der Waals surface area contributed by atoms with Crippen LogP contribution in [0.1, 0.15) is 38.0 Å². The van der Waals surface area contributed by atoms with Gasteiger partial charge in [-0.25, -0.2) is 0 Å². The summed E-state index contributed by atoms with van der Waals surface area (Å²) < 4.78 is 0. The van der Waals surface area contributed by atoms with E-state index >= 15 is 0 Å². The standard InChI is InChI=1S/C14H22BrNS/c1-12(2)16(9-13-5-3-8-17-13)11-14(10-15)6-4-7-14/h3,5,8,12H,4,6-7,9-11H2,1-2H3. The Morgan fingerprint density at radius 1 is 1.47 bits per heavy atom. The first-order valence-corrected chi connectivity index (χ1v) is 8.48. The highest BCUT2D eigenvalue weighted by atomic mass is 79.9. The number of rotatable bonds is 6. The van der Waals surface area contributed by atoms with E-state index in [-0.39, 0.29) is 0 Å². The summed E-state index contributed by atoms with van der Waals surface area (Å²) in [7, 11) is 0. The highest BCUT2D eigenvalue weighted by Crippen LogP contribution is 2.43. The Hall–Kier alpha value is 0.140. The van der Waals surface area contributed by atoms with E-state index in [0.29, 0.717) is 11.5 Å². The van der Waals surface area contributed by atoms with Crippen LogP contribution in [0.25, 0.3) is 0 Å². The lowest BCUT2D eigenvalue weighted by molar-refractivity contribution is 0.0690. The van der Waals surface area contributed by atoms with E-state index in [0.717, 1.165) is 11.9 Å². The maximum Gasteiger partial charge on any atom is 0.0330 e. The Balaban J connectivity index is 1.97. The normalized spacial score (nSPS) is 18.6. The molecule has 0 aromatic carbocycles. The van der Waals surface area contributed by atoms with Crippen LogP contribution in [0.2, 0.25) is 0 Å². The van der Waals surface area contributed by atoms with Crippen LogP contribution >= 0.6 is 27.3 Å². The van der Waals surface area contributed by atoms with Crippen LogP contribution in [0.3, 0.4) is 0 Å². The molecule has 1 fully saturated rings. The molecule has 0 spiro atoms. The summed E-state index contributed by atoms with van der Waals surface area (Å²) in [6.45, 7) is 6.99. The van der Waals surface area contributed by atoms with Crippen molar-refractivity contribution in [1.29, 1.82) is 0 Å². The third-order valence-corrected chi connectivity index (χ3v) is 5.96. The second kappa shape index (κ2) is 5.85. The smallest absolute Gasteiger partial charge is 0.0330 e. The summed E-state index contributed by atoms with van der Waals surface area (Å²) in [6, 6.07) is 5.04. The Labute approximate surface area is 117 Å². The first-order valence-electron chi connectivity index (χ1n) is 6.48. The van der Waals surface area contributed by atoms with Crippen molar-refractivity contribution in [1.82, 2.24) is 4.90 Å². The minimum atomic E-state index is 0.557. The van der Waals surface area contributed by atoms with Gasteiger partial charge in [0.2, 0.25) is 0 Å². The molecule has 1 saturated carbocycles. The molecule has 1 aromatic heterocycles. The number of nitrogens with zero attached hydrogens (tertiary/aromatic N) is 1. The van der Waals surface area contributed by atoms with Crippen molar-refractivity contribution in [2.24, 2.45) is 5.41 Å². The number of halogens is 1. The van der Waals surface area contributed by atoms with Crippen molar-refractivity contribution in [3.8, 4) is 0 Å². The van der Waals surface area contributed by atoms with Gasteiger partial charge in [-0.15, -0.1) is 11.3 Å². The van der Waals surface area contributed by atoms with Gasteiger partial charge in [0.1, 0.15) is 0 Å². The molecule has 0 atom stereocenters. The highest BCUT2D eigenvalue weighted by molar-refractivity contribution is 9.09. The summed E-state index contributed by atoms with van der Waals surface area (Å²) >= 11 is 5.59. The number of hydrogen-bond acceptors (Lipinski definition) is 2. The van der Waals surface area contributed by atoms with Crippen LogP contribution in [0, 0.1) is 5.41 Å². The van der Waals surface area contributed by atoms with Crippen LogP contribution in [0.15, 0.2) is 17.5 Å². The first-order chi connectivity index (χ1) is 8.15. The van der Waals surface area contributed by atoms with Gasteiger partial charge in [0, 0.05) is 29.3 Å². The SMILES string of the molecule is CC(C)N(Cc1cccs1)CC1(CBr)CCC1. The van der Waals surface area contributed by atoms with E-state index in [1.807, 2.05) is 11.3 Å². The van der Waals surface area contributed by atoms with Crippen molar-refractivity contribution in [2.75, 3.05) is 11.9 Å². The number of hydrogen-bond donors (Lipinski definition) is 0. The summed E-state index contributed by atoms with van der Waals surface area (Å²) in [5.74, 6) is 0. The molecule has 0 bridgehead atoms. The van der Waals surface area contributed by atoms with Gasteiger partial charge in [-0.2, -0.15) is 0 Å². The predicted octanol–water partition coefficient (Wildman–Crippen LogP) is 4.52. The van der Waals surface area contributed by atoms with Crippen molar-refractivity contribution in [3.63, 3.8) is 0 Å². The fourth-order valence-corrected chi connectivity index (χ4v) is 3.93. The van der Waals surface area contributed by atoms with E-state index < -0.39 is 0 Å². The fraction of sp³-hybridized carbons (Fsp3) is 0.714. The van der Waals surface area contributed by atoms with Gasteiger partial charge in [0.05, 0.1) is 0 Å². The lowest BCUT2D eigenvalue weighted by atomic mass is 9.70. The lowest BCUT2D eigenvalue weighted by Gasteiger charge is -2.45. The zero-order valence-electron chi connectivity index (χ0n) is 10.8. The minimum absolute atomic E-state index is 0.557. The average Bonchev–Trinajstić information content (AvgIpc) is 2.74. The summed E-state index contributed by atoms with van der Waals surface area (Å²) in [5.41, 5.74) is 0.557. The van der Waals surface area contributed by atoms with Gasteiger partial charge in [-0.1, -0.05) is 28.4 Å². The van der Waals surface area contributed by atoms with Crippen molar-refractivity contribution in [2.45, 2.75) is 45.7 Å². The van der Waals surface area contributed by atoms with Gasteiger partial charge in [-0.05, 0) is 43.6 Å². The summed E-state index contributed by atoms with van der Waals surface area (Å²) in [6.07, 6.45) is 4.20. The summed E-state index contributed by atoms with van der Waals surface area (Å²) in [5, 5.41) is 3.34. The van der Waals surface area contributed by atoms with E-state index in [4.69, 9.17) is 0 Å². The van der Waals surface area contributed by atoms with Crippen LogP contribution in [0.4, 0.5) is 0 Å². The van der Waals surface area contributed by atoms with Crippen molar-refractivity contribution < 1.29 is 0 Å². The molecule has 1 aromatic rings. The van der Waals surface area contributed by atoms with Crippen LogP contribution in [-0.2, 0) is 6.54 Å². The topological polar surface area (TPSA) is 3.24 Å². The van der Waals surface area contributed by atoms with Crippen molar-refractivity contribution >= 4 is 27.3 Å². The molecule has 0 unspecified atom stereocenters. The molecular weight excluding hydrogens is 294 g/mol. The molecule has 0 aliphatic heterocycles. The molecule has 1 aliphatic carbocycles. The highest BCUT2D eigenvalue weighted by Gasteiger charge is 2.37. The second-order valence-corrected chi connectivity index (χ2v) is 7.16. The van der Waals surface area contributed by atoms with E-state index in [1.165, 1.54) is 30.7 Å². The number of alkyl halides is 1. The van der Waals surface area contributed by atoms with Crippen molar-refractivity contribution in [3.05, 3.63) is 22.4 Å². The Bertz CT molecular complexity index is 324. The fourth-order valence-electron chi connectivity index (χ4n) is 2.47. The van der Waals surface area contributed by atoms with E-state index in [9.17, 15) is 0 Å². The third kappa shape index (κ3) is 3.33. The molecule has 96 valence electrons. The molecule has 0 amide bonds. The molecule has 3 heteroatoms. The molecule has 1 heterocycles. The number of thiophene rings is 1. The minimum Gasteiger partial charge on any atom is -0.295 e. The zero-order chi connectivity index (χ0) is 12.3. The van der Waals surface area contributed by atoms with E-state index in [2.05, 4.69) is 52.2 Å². The molecule has 1 aliphatic rings. The summed E-state index contributed by atoms with van der Waals surface area (Å²) in [4.78, 5) is 4.12. The molecular formula is C14H22BrNS. The maximum absolute atomic E-state index is 3.71. The molecule has 2 rings (SSSR count). The quantitative estimate of drug-likeness (QED) is 0.697. The van der Waals surface area contributed by atoms with Crippen LogP contribution in [0.5, 0.6) is 0 Å². The average molecular weight is 316 g/mol. The predicted molar refractivity (Wildman–Crippen MR) is 79.9 cm³/mol.